The predicted octanol–water partition coefficient (Wildman–Crippen LogP) is 2.85. The lowest BCUT2D eigenvalue weighted by Crippen LogP contribution is -2.23. The van der Waals surface area contributed by atoms with Crippen molar-refractivity contribution in [3.8, 4) is 0 Å². The second-order valence-electron chi connectivity index (χ2n) is 4.06. The molecule has 0 saturated carbocycles. The highest BCUT2D eigenvalue weighted by molar-refractivity contribution is 5.20. The van der Waals surface area contributed by atoms with Crippen LogP contribution in [0.5, 0.6) is 0 Å². The molecule has 1 N–H and O–H groups in total. The zero-order valence-electron chi connectivity index (χ0n) is 8.30. The summed E-state index contributed by atoms with van der Waals surface area (Å²) in [6.45, 7) is 3.01. The van der Waals surface area contributed by atoms with Crippen molar-refractivity contribution in [3.05, 3.63) is 35.6 Å². The number of benzene rings is 1. The van der Waals surface area contributed by atoms with Crippen LogP contribution in [0.25, 0.3) is 0 Å². The Morgan fingerprint density at radius 3 is 2.21 bits per heavy atom. The van der Waals surface area contributed by atoms with Crippen molar-refractivity contribution in [1.82, 2.24) is 0 Å². The third kappa shape index (κ3) is 2.29. The van der Waals surface area contributed by atoms with E-state index >= 15 is 0 Å². The monoisotopic (exact) mass is 200 g/mol. The van der Waals surface area contributed by atoms with Gasteiger partial charge in [-0.2, -0.15) is 0 Å². The fourth-order valence-electron chi connectivity index (χ4n) is 1.16. The summed E-state index contributed by atoms with van der Waals surface area (Å²) in [7, 11) is 0. The van der Waals surface area contributed by atoms with Gasteiger partial charge in [0.25, 0.3) is 0 Å². The molecule has 0 heterocycles. The lowest BCUT2D eigenvalue weighted by Gasteiger charge is -2.26. The molecule has 0 spiro atoms. The van der Waals surface area contributed by atoms with Crippen molar-refractivity contribution < 1.29 is 13.9 Å². The van der Waals surface area contributed by atoms with E-state index in [-0.39, 0.29) is 12.4 Å². The van der Waals surface area contributed by atoms with Gasteiger partial charge in [-0.25, -0.2) is 8.78 Å². The molecule has 1 unspecified atom stereocenters. The molecule has 78 valence electrons. The molecule has 1 aromatic carbocycles. The molecule has 0 aliphatic heterocycles. The lowest BCUT2D eigenvalue weighted by atomic mass is 9.85. The highest BCUT2D eigenvalue weighted by atomic mass is 19.1. The van der Waals surface area contributed by atoms with Gasteiger partial charge in [-0.1, -0.05) is 26.0 Å². The van der Waals surface area contributed by atoms with Crippen LogP contribution < -0.4 is 0 Å². The van der Waals surface area contributed by atoms with E-state index in [2.05, 4.69) is 0 Å². The van der Waals surface area contributed by atoms with Crippen molar-refractivity contribution in [3.63, 3.8) is 0 Å². The summed E-state index contributed by atoms with van der Waals surface area (Å²) < 4.78 is 26.3. The number of aliphatic hydroxyl groups excluding tert-OH is 1. The van der Waals surface area contributed by atoms with Crippen molar-refractivity contribution in [2.24, 2.45) is 5.41 Å². The van der Waals surface area contributed by atoms with Gasteiger partial charge < -0.3 is 5.11 Å². The van der Waals surface area contributed by atoms with Crippen LogP contribution in [-0.4, -0.2) is 11.7 Å². The summed E-state index contributed by atoms with van der Waals surface area (Å²) in [5.41, 5.74) is -0.442. The van der Waals surface area contributed by atoms with Gasteiger partial charge in [-0.05, 0) is 17.7 Å². The predicted molar refractivity (Wildman–Crippen MR) is 51.1 cm³/mol. The van der Waals surface area contributed by atoms with Crippen LogP contribution in [0.3, 0.4) is 0 Å². The molecular weight excluding hydrogens is 186 g/mol. The van der Waals surface area contributed by atoms with Crippen LogP contribution in [0.4, 0.5) is 8.78 Å². The van der Waals surface area contributed by atoms with Crippen LogP contribution in [0.1, 0.15) is 25.6 Å². The van der Waals surface area contributed by atoms with E-state index in [9.17, 15) is 8.78 Å². The van der Waals surface area contributed by atoms with E-state index in [0.717, 1.165) is 0 Å². The molecule has 0 aromatic heterocycles. The normalized spacial score (nSPS) is 14.1. The smallest absolute Gasteiger partial charge is 0.132 e. The molecule has 3 heteroatoms. The molecule has 1 nitrogen and oxygen atoms in total. The number of hydrogen-bond acceptors (Lipinski definition) is 1. The largest absolute Gasteiger partial charge is 0.396 e. The highest BCUT2D eigenvalue weighted by Crippen LogP contribution is 2.36. The zero-order valence-corrected chi connectivity index (χ0v) is 8.30. The first kappa shape index (κ1) is 11.1. The first-order valence-corrected chi connectivity index (χ1v) is 4.48. The highest BCUT2D eigenvalue weighted by Gasteiger charge is 2.30. The Morgan fingerprint density at radius 2 is 1.79 bits per heavy atom. The van der Waals surface area contributed by atoms with Gasteiger partial charge in [-0.15, -0.1) is 0 Å². The molecule has 0 aliphatic carbocycles. The molecule has 0 amide bonds. The van der Waals surface area contributed by atoms with E-state index < -0.39 is 11.6 Å². The van der Waals surface area contributed by atoms with Crippen LogP contribution >= 0.6 is 0 Å². The van der Waals surface area contributed by atoms with Gasteiger partial charge in [0.05, 0.1) is 6.61 Å². The minimum atomic E-state index is -1.28. The first-order chi connectivity index (χ1) is 6.47. The number of alkyl halides is 1. The second kappa shape index (κ2) is 4.05. The van der Waals surface area contributed by atoms with Crippen molar-refractivity contribution in [1.29, 1.82) is 0 Å². The van der Waals surface area contributed by atoms with Gasteiger partial charge in [0.1, 0.15) is 12.0 Å². The second-order valence-corrected chi connectivity index (χ2v) is 4.06. The summed E-state index contributed by atoms with van der Waals surface area (Å²) in [5, 5.41) is 8.97. The van der Waals surface area contributed by atoms with E-state index in [0.29, 0.717) is 5.56 Å². The van der Waals surface area contributed by atoms with Gasteiger partial charge in [0.2, 0.25) is 0 Å². The molecule has 0 fully saturated rings. The average molecular weight is 200 g/mol. The Labute approximate surface area is 82.4 Å². The quantitative estimate of drug-likeness (QED) is 0.795. The minimum absolute atomic E-state index is 0.245. The van der Waals surface area contributed by atoms with Crippen LogP contribution in [0.15, 0.2) is 24.3 Å². The minimum Gasteiger partial charge on any atom is -0.396 e. The third-order valence-electron chi connectivity index (χ3n) is 2.26. The molecule has 0 saturated heterocycles. The molecular formula is C11H14F2O. The van der Waals surface area contributed by atoms with Gasteiger partial charge >= 0.3 is 0 Å². The maximum atomic E-state index is 13.8. The van der Waals surface area contributed by atoms with E-state index in [1.807, 2.05) is 0 Å². The summed E-state index contributed by atoms with van der Waals surface area (Å²) in [6, 6.07) is 5.24. The SMILES string of the molecule is CC(C)(CO)C(F)c1ccc(F)cc1. The Balaban J connectivity index is 2.89. The first-order valence-electron chi connectivity index (χ1n) is 4.48. The maximum absolute atomic E-state index is 13.8. The van der Waals surface area contributed by atoms with Crippen LogP contribution in [0.2, 0.25) is 0 Å². The van der Waals surface area contributed by atoms with E-state index in [1.54, 1.807) is 13.8 Å². The summed E-state index contributed by atoms with van der Waals surface area (Å²) in [5.74, 6) is -0.386. The van der Waals surface area contributed by atoms with Crippen molar-refractivity contribution in [2.45, 2.75) is 20.0 Å². The molecule has 1 atom stereocenters. The van der Waals surface area contributed by atoms with Crippen molar-refractivity contribution in [2.75, 3.05) is 6.61 Å². The Bertz CT molecular complexity index is 293. The lowest BCUT2D eigenvalue weighted by molar-refractivity contribution is 0.0664. The average Bonchev–Trinajstić information content (AvgIpc) is 2.18. The molecule has 0 bridgehead atoms. The fraction of sp³-hybridized carbons (Fsp3) is 0.455. The topological polar surface area (TPSA) is 20.2 Å². The standard InChI is InChI=1S/C11H14F2O/c1-11(2,7-14)10(13)8-3-5-9(12)6-4-8/h3-6,10,14H,7H2,1-2H3. The fourth-order valence-corrected chi connectivity index (χ4v) is 1.16. The summed E-state index contributed by atoms with van der Waals surface area (Å²) >= 11 is 0. The number of halogens is 2. The molecule has 1 aromatic rings. The Morgan fingerprint density at radius 1 is 1.29 bits per heavy atom. The Kier molecular flexibility index (Phi) is 3.21. The van der Waals surface area contributed by atoms with Gasteiger partial charge in [0, 0.05) is 5.41 Å². The maximum Gasteiger partial charge on any atom is 0.132 e. The van der Waals surface area contributed by atoms with E-state index in [1.165, 1.54) is 24.3 Å². The molecule has 1 rings (SSSR count). The third-order valence-corrected chi connectivity index (χ3v) is 2.26. The molecule has 0 radical (unpaired) electrons. The van der Waals surface area contributed by atoms with Gasteiger partial charge in [0.15, 0.2) is 0 Å². The number of rotatable bonds is 3. The van der Waals surface area contributed by atoms with Gasteiger partial charge in [-0.3, -0.25) is 0 Å². The van der Waals surface area contributed by atoms with E-state index in [4.69, 9.17) is 5.11 Å². The van der Waals surface area contributed by atoms with Crippen LogP contribution in [-0.2, 0) is 0 Å². The number of hydrogen-bond donors (Lipinski definition) is 1. The van der Waals surface area contributed by atoms with Crippen LogP contribution in [0, 0.1) is 11.2 Å². The summed E-state index contributed by atoms with van der Waals surface area (Å²) in [6.07, 6.45) is -1.28. The van der Waals surface area contributed by atoms with Crippen molar-refractivity contribution >= 4 is 0 Å². The Hall–Kier alpha value is -0.960. The molecule has 14 heavy (non-hydrogen) atoms. The molecule has 0 aliphatic rings. The number of aliphatic hydroxyl groups is 1. The zero-order chi connectivity index (χ0) is 10.8. The summed E-state index contributed by atoms with van der Waals surface area (Å²) in [4.78, 5) is 0.